The van der Waals surface area contributed by atoms with Gasteiger partial charge in [0.1, 0.15) is 11.9 Å². The van der Waals surface area contributed by atoms with Crippen LogP contribution in [0.4, 0.5) is 19.0 Å². The predicted octanol–water partition coefficient (Wildman–Crippen LogP) is 4.42. The first-order valence-corrected chi connectivity index (χ1v) is 10.6. The number of hydrogen-bond acceptors (Lipinski definition) is 7. The molecule has 0 amide bonds. The lowest BCUT2D eigenvalue weighted by Gasteiger charge is -2.24. The van der Waals surface area contributed by atoms with Gasteiger partial charge < -0.3 is 26.5 Å². The molecular formula is C24H27F3N6O. The van der Waals surface area contributed by atoms with Crippen molar-refractivity contribution in [3.63, 3.8) is 0 Å². The molecule has 1 atom stereocenters. The van der Waals surface area contributed by atoms with E-state index >= 15 is 0 Å². The molecule has 0 spiro atoms. The zero-order chi connectivity index (χ0) is 25.0. The van der Waals surface area contributed by atoms with E-state index in [1.807, 2.05) is 0 Å². The summed E-state index contributed by atoms with van der Waals surface area (Å²) in [7, 11) is 1.67. The van der Waals surface area contributed by atoms with Gasteiger partial charge in [0.25, 0.3) is 6.43 Å². The summed E-state index contributed by atoms with van der Waals surface area (Å²) in [5.74, 6) is -0.239. The van der Waals surface area contributed by atoms with Crippen LogP contribution in [0.1, 0.15) is 43.1 Å². The van der Waals surface area contributed by atoms with Gasteiger partial charge >= 0.3 is 0 Å². The van der Waals surface area contributed by atoms with Crippen LogP contribution in [-0.2, 0) is 0 Å². The van der Waals surface area contributed by atoms with Crippen LogP contribution in [0.3, 0.4) is 0 Å². The summed E-state index contributed by atoms with van der Waals surface area (Å²) in [5, 5.41) is 22.9. The van der Waals surface area contributed by atoms with Gasteiger partial charge in [-0.1, -0.05) is 0 Å². The van der Waals surface area contributed by atoms with Gasteiger partial charge in [0, 0.05) is 59.5 Å². The van der Waals surface area contributed by atoms with Crippen LogP contribution in [-0.4, -0.2) is 36.4 Å². The van der Waals surface area contributed by atoms with Crippen LogP contribution in [0.2, 0.25) is 0 Å². The SMILES string of the molecule is CN/C=C1/C/C(C(C)=N)=C(/NCC(F)F)c2cnc(N)c(c2)O[C@H](C)c2cc(F)ccc2C1=N. The first-order valence-electron chi connectivity index (χ1n) is 10.6. The van der Waals surface area contributed by atoms with Gasteiger partial charge in [-0.05, 0) is 43.7 Å². The Bertz CT molecular complexity index is 1180. The smallest absolute Gasteiger partial charge is 0.255 e. The summed E-state index contributed by atoms with van der Waals surface area (Å²) in [6.45, 7) is 2.59. The lowest BCUT2D eigenvalue weighted by atomic mass is 9.89. The Kier molecular flexibility index (Phi) is 7.60. The van der Waals surface area contributed by atoms with Gasteiger partial charge in [-0.25, -0.2) is 18.2 Å². The zero-order valence-corrected chi connectivity index (χ0v) is 19.1. The van der Waals surface area contributed by atoms with E-state index in [1.54, 1.807) is 33.2 Å². The molecule has 7 nitrogen and oxygen atoms in total. The maximum atomic E-state index is 14.2. The minimum atomic E-state index is -2.63. The molecule has 34 heavy (non-hydrogen) atoms. The highest BCUT2D eigenvalue weighted by Gasteiger charge is 2.24. The van der Waals surface area contributed by atoms with Crippen LogP contribution in [0, 0.1) is 16.6 Å². The number of aromatic nitrogens is 1. The van der Waals surface area contributed by atoms with Crippen molar-refractivity contribution in [3.8, 4) is 5.75 Å². The van der Waals surface area contributed by atoms with Crippen LogP contribution < -0.4 is 21.1 Å². The van der Waals surface area contributed by atoms with Gasteiger partial charge in [-0.3, -0.25) is 5.41 Å². The van der Waals surface area contributed by atoms with Crippen molar-refractivity contribution in [3.05, 3.63) is 70.3 Å². The van der Waals surface area contributed by atoms with Crippen LogP contribution in [0.25, 0.3) is 5.70 Å². The van der Waals surface area contributed by atoms with Crippen LogP contribution in [0.15, 0.2) is 47.8 Å². The van der Waals surface area contributed by atoms with E-state index in [9.17, 15) is 13.2 Å². The molecule has 1 aliphatic rings. The third kappa shape index (κ3) is 5.38. The Labute approximate surface area is 195 Å². The standard InChI is InChI=1S/C24H27F3N6O/c1-12(28)18-6-14(9-31-3)22(29)17-5-4-16(25)8-19(17)13(2)34-20-7-15(10-33-24(20)30)23(18)32-11-21(26)27/h4-5,7-10,13,21,28-29,31-32H,6,11H2,1-3H3,(H2,30,33)/b14-9-,23-18-,28-12?,29-22?/t13-/m1/s1. The molecule has 1 aromatic carbocycles. The predicted molar refractivity (Wildman–Crippen MR) is 127 cm³/mol. The lowest BCUT2D eigenvalue weighted by Crippen LogP contribution is -2.24. The number of hydrogen-bond donors (Lipinski definition) is 5. The van der Waals surface area contributed by atoms with Crippen molar-refractivity contribution in [2.45, 2.75) is 32.8 Å². The first kappa shape index (κ1) is 24.8. The second-order valence-corrected chi connectivity index (χ2v) is 7.86. The lowest BCUT2D eigenvalue weighted by molar-refractivity contribution is 0.151. The maximum Gasteiger partial charge on any atom is 0.255 e. The summed E-state index contributed by atoms with van der Waals surface area (Å²) in [5.41, 5.74) is 8.62. The van der Waals surface area contributed by atoms with Gasteiger partial charge in [0.2, 0.25) is 0 Å². The number of nitrogens with zero attached hydrogens (tertiary/aromatic N) is 1. The second-order valence-electron chi connectivity index (χ2n) is 7.86. The molecule has 10 heteroatoms. The van der Waals surface area contributed by atoms with E-state index in [4.69, 9.17) is 21.3 Å². The minimum Gasteiger partial charge on any atom is -0.482 e. The molecule has 0 saturated heterocycles. The number of alkyl halides is 2. The number of rotatable bonds is 5. The molecule has 2 heterocycles. The molecule has 0 radical (unpaired) electrons. The molecule has 0 saturated carbocycles. The Balaban J connectivity index is 2.33. The van der Waals surface area contributed by atoms with E-state index in [2.05, 4.69) is 15.6 Å². The monoisotopic (exact) mass is 472 g/mol. The molecule has 180 valence electrons. The molecule has 0 fully saturated rings. The molecule has 1 aliphatic heterocycles. The number of benzene rings is 1. The maximum absolute atomic E-state index is 14.2. The third-order valence-electron chi connectivity index (χ3n) is 5.39. The number of ether oxygens (including phenoxy) is 1. The topological polar surface area (TPSA) is 120 Å². The Hall–Kier alpha value is -3.82. The average Bonchev–Trinajstić information content (AvgIpc) is 2.78. The molecular weight excluding hydrogens is 445 g/mol. The summed E-state index contributed by atoms with van der Waals surface area (Å²) in [6.07, 6.45) is -0.244. The molecule has 3 rings (SSSR count). The quantitative estimate of drug-likeness (QED) is 0.413. The van der Waals surface area contributed by atoms with Gasteiger partial charge in [-0.2, -0.15) is 0 Å². The summed E-state index contributed by atoms with van der Waals surface area (Å²) in [4.78, 5) is 4.16. The number of pyridine rings is 1. The van der Waals surface area contributed by atoms with E-state index in [0.717, 1.165) is 0 Å². The van der Waals surface area contributed by atoms with Crippen LogP contribution >= 0.6 is 0 Å². The number of halogens is 3. The van der Waals surface area contributed by atoms with Gasteiger partial charge in [0.05, 0.1) is 12.3 Å². The zero-order valence-electron chi connectivity index (χ0n) is 19.1. The van der Waals surface area contributed by atoms with Crippen LogP contribution in [0.5, 0.6) is 5.75 Å². The largest absolute Gasteiger partial charge is 0.482 e. The highest BCUT2D eigenvalue weighted by atomic mass is 19.3. The number of allylic oxidation sites excluding steroid dienone is 2. The van der Waals surface area contributed by atoms with Gasteiger partial charge in [0.15, 0.2) is 11.6 Å². The molecule has 1 aromatic heterocycles. The Morgan fingerprint density at radius 3 is 2.74 bits per heavy atom. The molecule has 2 bridgehead atoms. The average molecular weight is 473 g/mol. The summed E-state index contributed by atoms with van der Waals surface area (Å²) >= 11 is 0. The number of anilines is 1. The first-order chi connectivity index (χ1) is 16.1. The van der Waals surface area contributed by atoms with E-state index < -0.39 is 24.9 Å². The van der Waals surface area contributed by atoms with Crippen molar-refractivity contribution >= 4 is 22.9 Å². The van der Waals surface area contributed by atoms with Crippen molar-refractivity contribution in [1.82, 2.24) is 15.6 Å². The van der Waals surface area contributed by atoms with E-state index in [-0.39, 0.29) is 35.1 Å². The molecule has 0 aliphatic carbocycles. The fourth-order valence-electron chi connectivity index (χ4n) is 3.76. The Morgan fingerprint density at radius 1 is 1.35 bits per heavy atom. The van der Waals surface area contributed by atoms with E-state index in [0.29, 0.717) is 27.8 Å². The van der Waals surface area contributed by atoms with Crippen molar-refractivity contribution in [2.24, 2.45) is 0 Å². The molecule has 6 N–H and O–H groups in total. The fourth-order valence-corrected chi connectivity index (χ4v) is 3.76. The second kappa shape index (κ2) is 10.4. The third-order valence-corrected chi connectivity index (χ3v) is 5.39. The summed E-state index contributed by atoms with van der Waals surface area (Å²) in [6, 6.07) is 5.62. The number of nitrogens with one attached hydrogen (secondary N) is 4. The van der Waals surface area contributed by atoms with Crippen molar-refractivity contribution in [2.75, 3.05) is 19.3 Å². The van der Waals surface area contributed by atoms with Gasteiger partial charge in [-0.15, -0.1) is 0 Å². The Morgan fingerprint density at radius 2 is 2.09 bits per heavy atom. The molecule has 0 unspecified atom stereocenters. The number of fused-ring (bicyclic) bond motifs is 3. The van der Waals surface area contributed by atoms with Crippen molar-refractivity contribution in [1.29, 1.82) is 10.8 Å². The number of nitrogen functional groups attached to an aromatic ring is 1. The fraction of sp³-hybridized carbons (Fsp3) is 0.292. The van der Waals surface area contributed by atoms with E-state index in [1.165, 1.54) is 24.4 Å². The van der Waals surface area contributed by atoms with Crippen molar-refractivity contribution < 1.29 is 17.9 Å². The number of nitrogens with two attached hydrogens (primary N) is 1. The summed E-state index contributed by atoms with van der Waals surface area (Å²) < 4.78 is 46.4. The minimum absolute atomic E-state index is 0.0674. The normalized spacial score (nSPS) is 19.7. The highest BCUT2D eigenvalue weighted by Crippen LogP contribution is 2.34. The molecule has 2 aromatic rings. The highest BCUT2D eigenvalue weighted by molar-refractivity contribution is 6.13.